The van der Waals surface area contributed by atoms with Gasteiger partial charge in [0, 0.05) is 39.1 Å². The van der Waals surface area contributed by atoms with Crippen molar-refractivity contribution >= 4 is 10.0 Å². The summed E-state index contributed by atoms with van der Waals surface area (Å²) in [5.41, 5.74) is 1.13. The average molecular weight is 334 g/mol. The summed E-state index contributed by atoms with van der Waals surface area (Å²) in [6, 6.07) is 6.87. The highest BCUT2D eigenvalue weighted by atomic mass is 32.2. The fraction of sp³-hybridized carbons (Fsp3) is 0.438. The SMILES string of the molecule is CCc1ccc(S(=O)(=O)N2CCNCC2c2nccn2C)cc1. The Hall–Kier alpha value is -1.70. The molecular weight excluding hydrogens is 312 g/mol. The quantitative estimate of drug-likeness (QED) is 0.916. The second-order valence-corrected chi connectivity index (χ2v) is 7.62. The lowest BCUT2D eigenvalue weighted by Crippen LogP contribution is -2.49. The number of imidazole rings is 1. The first-order valence-corrected chi connectivity index (χ1v) is 9.26. The summed E-state index contributed by atoms with van der Waals surface area (Å²) in [6.45, 7) is 3.70. The Kier molecular flexibility index (Phi) is 4.52. The Bertz CT molecular complexity index is 768. The highest BCUT2D eigenvalue weighted by molar-refractivity contribution is 7.89. The van der Waals surface area contributed by atoms with E-state index in [1.54, 1.807) is 22.6 Å². The van der Waals surface area contributed by atoms with E-state index in [9.17, 15) is 8.42 Å². The Morgan fingerprint density at radius 2 is 2.04 bits per heavy atom. The molecule has 1 saturated heterocycles. The Labute approximate surface area is 137 Å². The molecule has 1 aliphatic rings. The zero-order valence-corrected chi connectivity index (χ0v) is 14.3. The van der Waals surface area contributed by atoms with Crippen molar-refractivity contribution in [1.29, 1.82) is 0 Å². The number of sulfonamides is 1. The average Bonchev–Trinajstić information content (AvgIpc) is 3.01. The molecule has 23 heavy (non-hydrogen) atoms. The van der Waals surface area contributed by atoms with Gasteiger partial charge >= 0.3 is 0 Å². The van der Waals surface area contributed by atoms with Crippen molar-refractivity contribution in [3.05, 3.63) is 48.0 Å². The number of rotatable bonds is 4. The molecule has 1 aliphatic heterocycles. The third-order valence-electron chi connectivity index (χ3n) is 4.29. The Morgan fingerprint density at radius 3 is 2.65 bits per heavy atom. The molecule has 1 fully saturated rings. The van der Waals surface area contributed by atoms with Gasteiger partial charge in [-0.1, -0.05) is 19.1 Å². The number of aryl methyl sites for hydroxylation is 2. The van der Waals surface area contributed by atoms with Gasteiger partial charge in [0.25, 0.3) is 0 Å². The van der Waals surface area contributed by atoms with E-state index in [0.717, 1.165) is 17.8 Å². The van der Waals surface area contributed by atoms with Crippen LogP contribution in [0, 0.1) is 0 Å². The van der Waals surface area contributed by atoms with Gasteiger partial charge in [-0.15, -0.1) is 0 Å². The van der Waals surface area contributed by atoms with Crippen molar-refractivity contribution in [2.75, 3.05) is 19.6 Å². The molecule has 0 bridgehead atoms. The number of piperazine rings is 1. The lowest BCUT2D eigenvalue weighted by molar-refractivity contribution is 0.258. The van der Waals surface area contributed by atoms with E-state index in [0.29, 0.717) is 24.5 Å². The number of nitrogens with zero attached hydrogens (tertiary/aromatic N) is 3. The molecule has 2 aromatic rings. The van der Waals surface area contributed by atoms with E-state index in [-0.39, 0.29) is 6.04 Å². The molecule has 7 heteroatoms. The lowest BCUT2D eigenvalue weighted by Gasteiger charge is -2.34. The van der Waals surface area contributed by atoms with Crippen molar-refractivity contribution in [2.24, 2.45) is 7.05 Å². The zero-order chi connectivity index (χ0) is 16.4. The highest BCUT2D eigenvalue weighted by Gasteiger charge is 2.36. The van der Waals surface area contributed by atoms with Crippen molar-refractivity contribution in [2.45, 2.75) is 24.3 Å². The van der Waals surface area contributed by atoms with E-state index < -0.39 is 10.0 Å². The summed E-state index contributed by atoms with van der Waals surface area (Å²) in [6.07, 6.45) is 4.43. The van der Waals surface area contributed by atoms with Crippen LogP contribution in [0.2, 0.25) is 0 Å². The summed E-state index contributed by atoms with van der Waals surface area (Å²) in [5.74, 6) is 0.756. The molecule has 1 N–H and O–H groups in total. The van der Waals surface area contributed by atoms with Crippen molar-refractivity contribution in [1.82, 2.24) is 19.2 Å². The van der Waals surface area contributed by atoms with E-state index in [1.165, 1.54) is 0 Å². The van der Waals surface area contributed by atoms with E-state index in [2.05, 4.69) is 17.2 Å². The molecule has 2 heterocycles. The van der Waals surface area contributed by atoms with Crippen LogP contribution >= 0.6 is 0 Å². The van der Waals surface area contributed by atoms with Crippen LogP contribution in [-0.2, 0) is 23.5 Å². The summed E-state index contributed by atoms with van der Waals surface area (Å²) in [4.78, 5) is 4.68. The first-order chi connectivity index (χ1) is 11.0. The van der Waals surface area contributed by atoms with Gasteiger partial charge in [-0.2, -0.15) is 4.31 Å². The molecular formula is C16H22N4O2S. The van der Waals surface area contributed by atoms with Crippen LogP contribution in [0.1, 0.15) is 24.4 Å². The van der Waals surface area contributed by atoms with Crippen LogP contribution in [0.3, 0.4) is 0 Å². The Balaban J connectivity index is 1.97. The fourth-order valence-electron chi connectivity index (χ4n) is 2.92. The van der Waals surface area contributed by atoms with Gasteiger partial charge in [0.15, 0.2) is 0 Å². The largest absolute Gasteiger partial charge is 0.337 e. The second-order valence-electron chi connectivity index (χ2n) is 5.73. The molecule has 0 radical (unpaired) electrons. The molecule has 3 rings (SSSR count). The molecule has 1 atom stereocenters. The third-order valence-corrected chi connectivity index (χ3v) is 6.21. The predicted molar refractivity (Wildman–Crippen MR) is 88.5 cm³/mol. The van der Waals surface area contributed by atoms with Crippen LogP contribution < -0.4 is 5.32 Å². The minimum absolute atomic E-state index is 0.292. The van der Waals surface area contributed by atoms with Gasteiger partial charge in [0.1, 0.15) is 5.82 Å². The highest BCUT2D eigenvalue weighted by Crippen LogP contribution is 2.28. The first kappa shape index (κ1) is 16.2. The van der Waals surface area contributed by atoms with E-state index in [1.807, 2.05) is 29.9 Å². The molecule has 1 aromatic heterocycles. The van der Waals surface area contributed by atoms with Crippen LogP contribution in [0.15, 0.2) is 41.6 Å². The Morgan fingerprint density at radius 1 is 1.30 bits per heavy atom. The maximum atomic E-state index is 13.1. The summed E-state index contributed by atoms with van der Waals surface area (Å²) in [5, 5.41) is 3.26. The number of hydrogen-bond acceptors (Lipinski definition) is 4. The van der Waals surface area contributed by atoms with E-state index in [4.69, 9.17) is 0 Å². The van der Waals surface area contributed by atoms with Crippen molar-refractivity contribution < 1.29 is 8.42 Å². The van der Waals surface area contributed by atoms with Crippen molar-refractivity contribution in [3.63, 3.8) is 0 Å². The number of nitrogens with one attached hydrogen (secondary N) is 1. The van der Waals surface area contributed by atoms with Gasteiger partial charge in [0.05, 0.1) is 10.9 Å². The number of hydrogen-bond donors (Lipinski definition) is 1. The van der Waals surface area contributed by atoms with Gasteiger partial charge in [-0.3, -0.25) is 0 Å². The van der Waals surface area contributed by atoms with Gasteiger partial charge < -0.3 is 9.88 Å². The molecule has 1 unspecified atom stereocenters. The predicted octanol–water partition coefficient (Wildman–Crippen LogP) is 1.32. The molecule has 0 amide bonds. The normalized spacial score (nSPS) is 19.8. The summed E-state index contributed by atoms with van der Waals surface area (Å²) >= 11 is 0. The zero-order valence-electron chi connectivity index (χ0n) is 13.4. The smallest absolute Gasteiger partial charge is 0.243 e. The topological polar surface area (TPSA) is 67.2 Å². The summed E-state index contributed by atoms with van der Waals surface area (Å²) < 4.78 is 29.6. The fourth-order valence-corrected chi connectivity index (χ4v) is 4.51. The maximum Gasteiger partial charge on any atom is 0.243 e. The molecule has 0 saturated carbocycles. The van der Waals surface area contributed by atoms with Crippen LogP contribution in [0.5, 0.6) is 0 Å². The van der Waals surface area contributed by atoms with Crippen molar-refractivity contribution in [3.8, 4) is 0 Å². The van der Waals surface area contributed by atoms with E-state index >= 15 is 0 Å². The molecule has 1 aromatic carbocycles. The lowest BCUT2D eigenvalue weighted by atomic mass is 10.2. The van der Waals surface area contributed by atoms with Crippen LogP contribution in [0.4, 0.5) is 0 Å². The summed E-state index contributed by atoms with van der Waals surface area (Å²) in [7, 11) is -1.65. The molecule has 0 spiro atoms. The third kappa shape index (κ3) is 3.04. The molecule has 6 nitrogen and oxygen atoms in total. The first-order valence-electron chi connectivity index (χ1n) is 7.82. The number of aromatic nitrogens is 2. The van der Waals surface area contributed by atoms with Crippen LogP contribution in [-0.4, -0.2) is 41.9 Å². The minimum Gasteiger partial charge on any atom is -0.337 e. The monoisotopic (exact) mass is 334 g/mol. The van der Waals surface area contributed by atoms with Gasteiger partial charge in [-0.05, 0) is 24.1 Å². The molecule has 124 valence electrons. The van der Waals surface area contributed by atoms with Gasteiger partial charge in [0.2, 0.25) is 10.0 Å². The standard InChI is InChI=1S/C16H22N4O2S/c1-3-13-4-6-14(7-5-13)23(21,22)20-11-8-17-12-15(20)16-18-9-10-19(16)2/h4-7,9-10,15,17H,3,8,11-12H2,1-2H3. The molecule has 0 aliphatic carbocycles. The van der Waals surface area contributed by atoms with Crippen LogP contribution in [0.25, 0.3) is 0 Å². The maximum absolute atomic E-state index is 13.1. The second kappa shape index (κ2) is 6.43. The number of benzene rings is 1. The van der Waals surface area contributed by atoms with Gasteiger partial charge in [-0.25, -0.2) is 13.4 Å². The minimum atomic E-state index is -3.54.